The molecule has 0 aliphatic rings. The Labute approximate surface area is 162 Å². The van der Waals surface area contributed by atoms with Crippen molar-refractivity contribution in [2.24, 2.45) is 5.10 Å². The van der Waals surface area contributed by atoms with Gasteiger partial charge >= 0.3 is 11.8 Å². The number of nitrogens with zero attached hydrogens (tertiary/aromatic N) is 2. The molecule has 0 aliphatic heterocycles. The van der Waals surface area contributed by atoms with Gasteiger partial charge in [0.1, 0.15) is 5.15 Å². The van der Waals surface area contributed by atoms with Gasteiger partial charge in [-0.2, -0.15) is 5.10 Å². The first kappa shape index (κ1) is 18.0. The Morgan fingerprint density at radius 3 is 2.58 bits per heavy atom. The predicted octanol–water partition coefficient (Wildman–Crippen LogP) is 3.74. The van der Waals surface area contributed by atoms with Crippen molar-refractivity contribution in [3.8, 4) is 0 Å². The molecule has 0 saturated heterocycles. The molecule has 2 N–H and O–H groups in total. The van der Waals surface area contributed by atoms with Gasteiger partial charge in [-0.05, 0) is 36.4 Å². The first-order valence-corrected chi connectivity index (χ1v) is 8.65. The normalized spacial score (nSPS) is 10.8. The van der Waals surface area contributed by atoms with Gasteiger partial charge in [0, 0.05) is 21.1 Å². The number of hydrogen-bond acceptors (Lipinski definition) is 4. The van der Waals surface area contributed by atoms with Gasteiger partial charge in [-0.25, -0.2) is 10.4 Å². The second-order valence-electron chi connectivity index (χ2n) is 5.22. The van der Waals surface area contributed by atoms with Crippen molar-refractivity contribution in [3.63, 3.8) is 0 Å². The van der Waals surface area contributed by atoms with Crippen molar-refractivity contribution in [3.05, 3.63) is 69.8 Å². The number of carbonyl (C=O) groups is 2. The summed E-state index contributed by atoms with van der Waals surface area (Å²) >= 11 is 9.39. The number of hydrogen-bond donors (Lipinski definition) is 2. The second kappa shape index (κ2) is 8.07. The van der Waals surface area contributed by atoms with E-state index in [1.165, 1.54) is 6.21 Å². The van der Waals surface area contributed by atoms with Crippen LogP contribution in [0.4, 0.5) is 5.69 Å². The molecule has 0 atom stereocenters. The van der Waals surface area contributed by atoms with E-state index in [1.54, 1.807) is 30.3 Å². The molecule has 0 spiro atoms. The van der Waals surface area contributed by atoms with Crippen molar-refractivity contribution in [2.75, 3.05) is 5.32 Å². The quantitative estimate of drug-likeness (QED) is 0.287. The van der Waals surface area contributed by atoms with Gasteiger partial charge in [-0.15, -0.1) is 0 Å². The molecule has 3 aromatic rings. The number of hydrazone groups is 1. The van der Waals surface area contributed by atoms with Crippen molar-refractivity contribution >= 4 is 62.2 Å². The van der Waals surface area contributed by atoms with Crippen LogP contribution in [0.3, 0.4) is 0 Å². The molecule has 0 radical (unpaired) electrons. The Balaban J connectivity index is 1.64. The minimum absolute atomic E-state index is 0.251. The van der Waals surface area contributed by atoms with E-state index in [2.05, 4.69) is 36.8 Å². The largest absolute Gasteiger partial charge is 0.329 e. The smallest absolute Gasteiger partial charge is 0.318 e. The summed E-state index contributed by atoms with van der Waals surface area (Å²) in [6.07, 6.45) is 1.34. The third-order valence-electron chi connectivity index (χ3n) is 3.38. The van der Waals surface area contributed by atoms with Crippen LogP contribution in [0, 0.1) is 0 Å². The highest BCUT2D eigenvalue weighted by molar-refractivity contribution is 9.10. The minimum atomic E-state index is -0.894. The summed E-state index contributed by atoms with van der Waals surface area (Å²) in [4.78, 5) is 27.9. The zero-order valence-electron chi connectivity index (χ0n) is 13.2. The SMILES string of the molecule is O=C(N/N=C/c1cc2ccccc2nc1Cl)C(=O)Nc1ccc(Br)cc1. The molecule has 0 aliphatic carbocycles. The Hall–Kier alpha value is -2.77. The highest BCUT2D eigenvalue weighted by Gasteiger charge is 2.12. The molecule has 2 amide bonds. The van der Waals surface area contributed by atoms with Crippen LogP contribution in [0.5, 0.6) is 0 Å². The summed E-state index contributed by atoms with van der Waals surface area (Å²) in [5, 5.41) is 7.38. The number of pyridine rings is 1. The van der Waals surface area contributed by atoms with Gasteiger partial charge in [-0.3, -0.25) is 9.59 Å². The highest BCUT2D eigenvalue weighted by atomic mass is 79.9. The lowest BCUT2D eigenvalue weighted by Crippen LogP contribution is -2.32. The van der Waals surface area contributed by atoms with Crippen LogP contribution in [-0.2, 0) is 9.59 Å². The Kier molecular flexibility index (Phi) is 5.60. The average Bonchev–Trinajstić information content (AvgIpc) is 2.63. The first-order chi connectivity index (χ1) is 12.5. The Morgan fingerprint density at radius 1 is 1.08 bits per heavy atom. The van der Waals surface area contributed by atoms with Gasteiger partial charge in [0.05, 0.1) is 11.7 Å². The number of nitrogens with one attached hydrogen (secondary N) is 2. The standard InChI is InChI=1S/C18H12BrClN4O2/c19-13-5-7-14(8-6-13)22-17(25)18(26)24-21-10-12-9-11-3-1-2-4-15(11)23-16(12)20/h1-10H,(H,22,25)(H,24,26)/b21-10+. The van der Waals surface area contributed by atoms with Crippen LogP contribution in [-0.4, -0.2) is 23.0 Å². The van der Waals surface area contributed by atoms with E-state index in [0.29, 0.717) is 11.3 Å². The number of halogens is 2. The third-order valence-corrected chi connectivity index (χ3v) is 4.21. The molecule has 0 saturated carbocycles. The number of rotatable bonds is 3. The first-order valence-electron chi connectivity index (χ1n) is 7.48. The van der Waals surface area contributed by atoms with E-state index in [9.17, 15) is 9.59 Å². The van der Waals surface area contributed by atoms with Gasteiger partial charge in [-0.1, -0.05) is 45.7 Å². The topological polar surface area (TPSA) is 83.5 Å². The number of benzene rings is 2. The maximum Gasteiger partial charge on any atom is 0.329 e. The molecular formula is C18H12BrClN4O2. The van der Waals surface area contributed by atoms with Gasteiger partial charge < -0.3 is 5.32 Å². The lowest BCUT2D eigenvalue weighted by atomic mass is 10.2. The maximum absolute atomic E-state index is 11.8. The number of para-hydroxylation sites is 1. The van der Waals surface area contributed by atoms with Crippen molar-refractivity contribution in [2.45, 2.75) is 0 Å². The van der Waals surface area contributed by atoms with Crippen molar-refractivity contribution in [1.29, 1.82) is 0 Å². The molecule has 0 unspecified atom stereocenters. The molecule has 6 nitrogen and oxygen atoms in total. The Morgan fingerprint density at radius 2 is 1.81 bits per heavy atom. The molecule has 1 heterocycles. The monoisotopic (exact) mass is 430 g/mol. The van der Waals surface area contributed by atoms with Crippen LogP contribution in [0.1, 0.15) is 5.56 Å². The maximum atomic E-state index is 11.8. The van der Waals surface area contributed by atoms with E-state index in [-0.39, 0.29) is 5.15 Å². The zero-order valence-corrected chi connectivity index (χ0v) is 15.6. The van der Waals surface area contributed by atoms with Gasteiger partial charge in [0.2, 0.25) is 0 Å². The fourth-order valence-corrected chi connectivity index (χ4v) is 2.59. The van der Waals surface area contributed by atoms with Crippen LogP contribution >= 0.6 is 27.5 Å². The van der Waals surface area contributed by atoms with Crippen molar-refractivity contribution < 1.29 is 9.59 Å². The van der Waals surface area contributed by atoms with Gasteiger partial charge in [0.25, 0.3) is 0 Å². The van der Waals surface area contributed by atoms with Crippen molar-refractivity contribution in [1.82, 2.24) is 10.4 Å². The molecule has 26 heavy (non-hydrogen) atoms. The molecule has 0 bridgehead atoms. The van der Waals surface area contributed by atoms with Crippen LogP contribution in [0.25, 0.3) is 10.9 Å². The summed E-state index contributed by atoms with van der Waals surface area (Å²) in [6, 6.07) is 16.1. The summed E-state index contributed by atoms with van der Waals surface area (Å²) in [6.45, 7) is 0. The molecular weight excluding hydrogens is 420 g/mol. The predicted molar refractivity (Wildman–Crippen MR) is 105 cm³/mol. The Bertz CT molecular complexity index is 1010. The number of fused-ring (bicyclic) bond motifs is 1. The third kappa shape index (κ3) is 4.44. The van der Waals surface area contributed by atoms with Crippen LogP contribution in [0.2, 0.25) is 5.15 Å². The molecule has 130 valence electrons. The molecule has 3 rings (SSSR count). The van der Waals surface area contributed by atoms with E-state index in [1.807, 2.05) is 24.3 Å². The fraction of sp³-hybridized carbons (Fsp3) is 0. The number of anilines is 1. The van der Waals surface area contributed by atoms with E-state index in [0.717, 1.165) is 15.4 Å². The van der Waals surface area contributed by atoms with E-state index in [4.69, 9.17) is 11.6 Å². The summed E-state index contributed by atoms with van der Waals surface area (Å²) in [5.41, 5.74) is 3.94. The second-order valence-corrected chi connectivity index (χ2v) is 6.49. The highest BCUT2D eigenvalue weighted by Crippen LogP contribution is 2.19. The van der Waals surface area contributed by atoms with Crippen LogP contribution < -0.4 is 10.7 Å². The summed E-state index contributed by atoms with van der Waals surface area (Å²) in [7, 11) is 0. The number of amides is 2. The molecule has 0 fully saturated rings. The van der Waals surface area contributed by atoms with Crippen LogP contribution in [0.15, 0.2) is 64.2 Å². The number of carbonyl (C=O) groups excluding carboxylic acids is 2. The lowest BCUT2D eigenvalue weighted by molar-refractivity contribution is -0.136. The average molecular weight is 432 g/mol. The fourth-order valence-electron chi connectivity index (χ4n) is 2.13. The zero-order chi connectivity index (χ0) is 18.5. The minimum Gasteiger partial charge on any atom is -0.318 e. The number of aromatic nitrogens is 1. The lowest BCUT2D eigenvalue weighted by Gasteiger charge is -2.04. The van der Waals surface area contributed by atoms with Gasteiger partial charge in [0.15, 0.2) is 0 Å². The summed E-state index contributed by atoms with van der Waals surface area (Å²) < 4.78 is 0.866. The molecule has 1 aromatic heterocycles. The van der Waals surface area contributed by atoms with E-state index < -0.39 is 11.8 Å². The summed E-state index contributed by atoms with van der Waals surface area (Å²) in [5.74, 6) is -1.72. The van der Waals surface area contributed by atoms with E-state index >= 15 is 0 Å². The molecule has 8 heteroatoms. The molecule has 2 aromatic carbocycles.